The minimum atomic E-state index is 0.734. The van der Waals surface area contributed by atoms with Gasteiger partial charge in [-0.2, -0.15) is 0 Å². The van der Waals surface area contributed by atoms with Crippen LogP contribution in [0.2, 0.25) is 0 Å². The number of hydrogen-bond donors (Lipinski definition) is 1. The van der Waals surface area contributed by atoms with E-state index in [1.165, 1.54) is 12.8 Å². The van der Waals surface area contributed by atoms with Crippen molar-refractivity contribution in [2.75, 3.05) is 5.73 Å². The van der Waals surface area contributed by atoms with E-state index in [-0.39, 0.29) is 0 Å². The summed E-state index contributed by atoms with van der Waals surface area (Å²) in [4.78, 5) is 0. The van der Waals surface area contributed by atoms with E-state index in [0.29, 0.717) is 0 Å². The van der Waals surface area contributed by atoms with E-state index < -0.39 is 0 Å². The molecule has 0 bridgehead atoms. The number of hydrogen-bond acceptors (Lipinski definition) is 4. The molecular weight excluding hydrogens is 226 g/mol. The molecule has 0 radical (unpaired) electrons. The summed E-state index contributed by atoms with van der Waals surface area (Å²) < 4.78 is 1.87. The van der Waals surface area contributed by atoms with E-state index in [0.717, 1.165) is 41.5 Å². The quantitative estimate of drug-likeness (QED) is 0.834. The third-order valence-corrected chi connectivity index (χ3v) is 3.51. The second-order valence-electron chi connectivity index (χ2n) is 5.00. The second kappa shape index (κ2) is 4.40. The number of nitrogen functional groups attached to an aromatic ring is 1. The summed E-state index contributed by atoms with van der Waals surface area (Å²) in [5.41, 5.74) is 8.84. The molecule has 1 heterocycles. The Morgan fingerprint density at radius 1 is 1.39 bits per heavy atom. The zero-order valence-electron chi connectivity index (χ0n) is 10.5. The van der Waals surface area contributed by atoms with Gasteiger partial charge in [-0.25, -0.2) is 4.68 Å². The van der Waals surface area contributed by atoms with Crippen LogP contribution < -0.4 is 5.73 Å². The molecule has 2 N–H and O–H groups in total. The topological polar surface area (TPSA) is 69.6 Å². The second-order valence-corrected chi connectivity index (χ2v) is 5.00. The predicted octanol–water partition coefficient (Wildman–Crippen LogP) is 2.03. The third-order valence-electron chi connectivity index (χ3n) is 3.51. The summed E-state index contributed by atoms with van der Waals surface area (Å²) in [5.74, 6) is 1.66. The molecule has 0 saturated heterocycles. The van der Waals surface area contributed by atoms with Gasteiger partial charge in [0.2, 0.25) is 0 Å². The van der Waals surface area contributed by atoms with Gasteiger partial charge >= 0.3 is 0 Å². The molecule has 0 aliphatic heterocycles. The highest BCUT2D eigenvalue weighted by molar-refractivity contribution is 5.74. The minimum Gasteiger partial charge on any atom is -0.398 e. The first kappa shape index (κ1) is 11.2. The van der Waals surface area contributed by atoms with Crippen LogP contribution in [0.3, 0.4) is 0 Å². The van der Waals surface area contributed by atoms with Crippen LogP contribution >= 0.6 is 0 Å². The van der Waals surface area contributed by atoms with Crippen molar-refractivity contribution in [3.8, 4) is 11.4 Å². The van der Waals surface area contributed by atoms with E-state index >= 15 is 0 Å². The van der Waals surface area contributed by atoms with Gasteiger partial charge in [0.25, 0.3) is 0 Å². The number of aromatic nitrogens is 4. The Kier molecular flexibility index (Phi) is 2.74. The lowest BCUT2D eigenvalue weighted by Gasteiger charge is -2.09. The molecule has 1 aliphatic carbocycles. The summed E-state index contributed by atoms with van der Waals surface area (Å²) in [7, 11) is 0. The molecule has 3 rings (SSSR count). The molecular formula is C13H17N5. The number of aryl methyl sites for hydroxylation is 2. The zero-order valence-corrected chi connectivity index (χ0v) is 10.5. The van der Waals surface area contributed by atoms with Gasteiger partial charge in [0.15, 0.2) is 5.82 Å². The first-order valence-electron chi connectivity index (χ1n) is 6.37. The SMILES string of the molecule is Cc1cccc(N)c1-c1nnnn1CCC1CC1. The Hall–Kier alpha value is -1.91. The van der Waals surface area contributed by atoms with Gasteiger partial charge in [0, 0.05) is 17.8 Å². The molecule has 1 aliphatic rings. The molecule has 2 aromatic rings. The molecule has 1 aromatic carbocycles. The summed E-state index contributed by atoms with van der Waals surface area (Å²) in [6.07, 6.45) is 3.86. The lowest BCUT2D eigenvalue weighted by Crippen LogP contribution is -2.06. The molecule has 5 heteroatoms. The standard InChI is InChI=1S/C13H17N5/c1-9-3-2-4-11(14)12(9)13-15-16-17-18(13)8-7-10-5-6-10/h2-4,10H,5-8,14H2,1H3. The maximum absolute atomic E-state index is 6.04. The van der Waals surface area contributed by atoms with Gasteiger partial charge in [-0.3, -0.25) is 0 Å². The van der Waals surface area contributed by atoms with Gasteiger partial charge in [-0.15, -0.1) is 5.10 Å². The molecule has 5 nitrogen and oxygen atoms in total. The summed E-state index contributed by atoms with van der Waals surface area (Å²) in [6.45, 7) is 2.91. The number of nitrogens with zero attached hydrogens (tertiary/aromatic N) is 4. The third kappa shape index (κ3) is 2.08. The lowest BCUT2D eigenvalue weighted by atomic mass is 10.1. The predicted molar refractivity (Wildman–Crippen MR) is 69.7 cm³/mol. The van der Waals surface area contributed by atoms with Crippen molar-refractivity contribution in [3.63, 3.8) is 0 Å². The fraction of sp³-hybridized carbons (Fsp3) is 0.462. The number of anilines is 1. The van der Waals surface area contributed by atoms with Crippen molar-refractivity contribution in [1.29, 1.82) is 0 Å². The van der Waals surface area contributed by atoms with Gasteiger partial charge in [0.1, 0.15) is 0 Å². The summed E-state index contributed by atoms with van der Waals surface area (Å²) >= 11 is 0. The van der Waals surface area contributed by atoms with E-state index in [1.54, 1.807) is 0 Å². The highest BCUT2D eigenvalue weighted by atomic mass is 15.5. The molecule has 1 aromatic heterocycles. The van der Waals surface area contributed by atoms with Gasteiger partial charge in [-0.05, 0) is 41.3 Å². The molecule has 1 saturated carbocycles. The highest BCUT2D eigenvalue weighted by Crippen LogP contribution is 2.33. The minimum absolute atomic E-state index is 0.734. The van der Waals surface area contributed by atoms with Crippen molar-refractivity contribution in [1.82, 2.24) is 20.2 Å². The Bertz CT molecular complexity index is 536. The number of nitrogens with two attached hydrogens (primary N) is 1. The maximum Gasteiger partial charge on any atom is 0.184 e. The molecule has 1 fully saturated rings. The van der Waals surface area contributed by atoms with Crippen LogP contribution in [0, 0.1) is 12.8 Å². The number of tetrazole rings is 1. The van der Waals surface area contributed by atoms with E-state index in [2.05, 4.69) is 15.5 Å². The maximum atomic E-state index is 6.04. The monoisotopic (exact) mass is 243 g/mol. The van der Waals surface area contributed by atoms with E-state index in [1.807, 2.05) is 29.8 Å². The molecule has 94 valence electrons. The van der Waals surface area contributed by atoms with Crippen molar-refractivity contribution in [2.45, 2.75) is 32.7 Å². The summed E-state index contributed by atoms with van der Waals surface area (Å²) in [6, 6.07) is 5.88. The lowest BCUT2D eigenvalue weighted by molar-refractivity contribution is 0.535. The average molecular weight is 243 g/mol. The fourth-order valence-corrected chi connectivity index (χ4v) is 2.24. The van der Waals surface area contributed by atoms with Crippen molar-refractivity contribution in [2.24, 2.45) is 5.92 Å². The van der Waals surface area contributed by atoms with Crippen LogP contribution in [0.15, 0.2) is 18.2 Å². The van der Waals surface area contributed by atoms with Crippen LogP contribution in [-0.2, 0) is 6.54 Å². The Morgan fingerprint density at radius 3 is 2.94 bits per heavy atom. The Labute approximate surface area is 106 Å². The number of rotatable bonds is 4. The van der Waals surface area contributed by atoms with E-state index in [9.17, 15) is 0 Å². The van der Waals surface area contributed by atoms with E-state index in [4.69, 9.17) is 5.73 Å². The zero-order chi connectivity index (χ0) is 12.5. The first-order valence-corrected chi connectivity index (χ1v) is 6.37. The fourth-order valence-electron chi connectivity index (χ4n) is 2.24. The molecule has 18 heavy (non-hydrogen) atoms. The van der Waals surface area contributed by atoms with Crippen LogP contribution in [0.5, 0.6) is 0 Å². The van der Waals surface area contributed by atoms with Crippen LogP contribution in [0.4, 0.5) is 5.69 Å². The highest BCUT2D eigenvalue weighted by Gasteiger charge is 2.22. The van der Waals surface area contributed by atoms with Gasteiger partial charge in [0.05, 0.1) is 0 Å². The van der Waals surface area contributed by atoms with Crippen molar-refractivity contribution < 1.29 is 0 Å². The van der Waals surface area contributed by atoms with Gasteiger partial charge < -0.3 is 5.73 Å². The summed E-state index contributed by atoms with van der Waals surface area (Å²) in [5, 5.41) is 12.0. The van der Waals surface area contributed by atoms with Crippen LogP contribution in [0.1, 0.15) is 24.8 Å². The molecule has 0 unspecified atom stereocenters. The molecule has 0 amide bonds. The molecule has 0 spiro atoms. The Morgan fingerprint density at radius 2 is 2.22 bits per heavy atom. The smallest absolute Gasteiger partial charge is 0.184 e. The van der Waals surface area contributed by atoms with Crippen LogP contribution in [0.25, 0.3) is 11.4 Å². The molecule has 0 atom stereocenters. The van der Waals surface area contributed by atoms with Crippen LogP contribution in [-0.4, -0.2) is 20.2 Å². The average Bonchev–Trinajstić information content (AvgIpc) is 3.06. The van der Waals surface area contributed by atoms with Crippen molar-refractivity contribution in [3.05, 3.63) is 23.8 Å². The Balaban J connectivity index is 1.93. The van der Waals surface area contributed by atoms with Crippen molar-refractivity contribution >= 4 is 5.69 Å². The first-order chi connectivity index (χ1) is 8.75. The normalized spacial score (nSPS) is 14.9. The van der Waals surface area contributed by atoms with Gasteiger partial charge in [-0.1, -0.05) is 25.0 Å². The number of benzene rings is 1. The largest absolute Gasteiger partial charge is 0.398 e.